The Balaban J connectivity index is 2.88. The summed E-state index contributed by atoms with van der Waals surface area (Å²) < 4.78 is 4.35. The molecule has 0 radical (unpaired) electrons. The molecule has 0 saturated carbocycles. The van der Waals surface area contributed by atoms with Crippen molar-refractivity contribution in [2.24, 2.45) is 5.10 Å². The third-order valence-electron chi connectivity index (χ3n) is 1.64. The highest BCUT2D eigenvalue weighted by Crippen LogP contribution is 2.22. The van der Waals surface area contributed by atoms with Gasteiger partial charge in [-0.25, -0.2) is 4.79 Å². The Morgan fingerprint density at radius 2 is 2.00 bits per heavy atom. The van der Waals surface area contributed by atoms with E-state index in [0.29, 0.717) is 15.7 Å². The molecule has 0 spiro atoms. The maximum atomic E-state index is 11.0. The van der Waals surface area contributed by atoms with Crippen LogP contribution in [0.5, 0.6) is 0 Å². The van der Waals surface area contributed by atoms with E-state index < -0.39 is 11.7 Å². The number of nitrogens with zero attached hydrogens (tertiary/aromatic N) is 2. The first kappa shape index (κ1) is 13.3. The summed E-state index contributed by atoms with van der Waals surface area (Å²) >= 11 is 11.5. The van der Waals surface area contributed by atoms with E-state index in [9.17, 15) is 4.79 Å². The van der Waals surface area contributed by atoms with Crippen LogP contribution in [0, 0.1) is 11.3 Å². The highest BCUT2D eigenvalue weighted by molar-refractivity contribution is 6.43. The van der Waals surface area contributed by atoms with Crippen LogP contribution in [0.2, 0.25) is 10.0 Å². The minimum atomic E-state index is -0.826. The molecule has 1 rings (SSSR count). The Morgan fingerprint density at radius 3 is 2.47 bits per heavy atom. The SMILES string of the molecule is COC(=O)C(C#N)=NNc1cc(Cl)cc(Cl)c1. The molecule has 88 valence electrons. The summed E-state index contributed by atoms with van der Waals surface area (Å²) in [5.74, 6) is -0.826. The summed E-state index contributed by atoms with van der Waals surface area (Å²) in [6, 6.07) is 6.23. The van der Waals surface area contributed by atoms with Crippen molar-refractivity contribution in [1.29, 1.82) is 5.26 Å². The standard InChI is InChI=1S/C10H7Cl2N3O2/c1-17-10(16)9(5-13)15-14-8-3-6(11)2-7(12)4-8/h2-4,14H,1H3. The Labute approximate surface area is 108 Å². The Hall–Kier alpha value is -1.77. The number of hydrogen-bond donors (Lipinski definition) is 1. The number of anilines is 1. The third kappa shape index (κ3) is 3.94. The number of methoxy groups -OCH3 is 1. The summed E-state index contributed by atoms with van der Waals surface area (Å²) in [6.07, 6.45) is 0. The molecule has 0 aliphatic carbocycles. The number of ether oxygens (including phenoxy) is 1. The molecule has 1 aromatic carbocycles. The van der Waals surface area contributed by atoms with E-state index in [1.807, 2.05) is 0 Å². The average molecular weight is 272 g/mol. The van der Waals surface area contributed by atoms with Gasteiger partial charge in [0.15, 0.2) is 0 Å². The largest absolute Gasteiger partial charge is 0.464 e. The summed E-state index contributed by atoms with van der Waals surface area (Å²) in [6.45, 7) is 0. The maximum absolute atomic E-state index is 11.0. The van der Waals surface area contributed by atoms with Gasteiger partial charge >= 0.3 is 5.97 Å². The molecule has 0 unspecified atom stereocenters. The Kier molecular flexibility index (Phi) is 4.76. The third-order valence-corrected chi connectivity index (χ3v) is 2.08. The highest BCUT2D eigenvalue weighted by Gasteiger charge is 2.10. The molecular formula is C10H7Cl2N3O2. The van der Waals surface area contributed by atoms with Crippen molar-refractivity contribution < 1.29 is 9.53 Å². The number of hydrazone groups is 1. The molecule has 0 heterocycles. The van der Waals surface area contributed by atoms with E-state index in [2.05, 4.69) is 15.3 Å². The molecule has 0 amide bonds. The summed E-state index contributed by atoms with van der Waals surface area (Å²) in [7, 11) is 1.16. The zero-order valence-electron chi connectivity index (χ0n) is 8.70. The molecule has 1 aromatic rings. The topological polar surface area (TPSA) is 74.5 Å². The van der Waals surface area contributed by atoms with Crippen LogP contribution in [0.15, 0.2) is 23.3 Å². The van der Waals surface area contributed by atoms with Crippen LogP contribution in [0.4, 0.5) is 5.69 Å². The van der Waals surface area contributed by atoms with Crippen molar-refractivity contribution in [2.45, 2.75) is 0 Å². The lowest BCUT2D eigenvalue weighted by Crippen LogP contribution is -2.15. The number of esters is 1. The smallest absolute Gasteiger partial charge is 0.369 e. The van der Waals surface area contributed by atoms with Gasteiger partial charge < -0.3 is 4.74 Å². The van der Waals surface area contributed by atoms with Gasteiger partial charge in [-0.2, -0.15) is 10.4 Å². The summed E-state index contributed by atoms with van der Waals surface area (Å²) in [5.41, 5.74) is 2.55. The molecule has 0 bridgehead atoms. The zero-order valence-corrected chi connectivity index (χ0v) is 10.2. The van der Waals surface area contributed by atoms with E-state index >= 15 is 0 Å². The highest BCUT2D eigenvalue weighted by atomic mass is 35.5. The van der Waals surface area contributed by atoms with Crippen LogP contribution in [-0.4, -0.2) is 18.8 Å². The molecule has 1 N–H and O–H groups in total. The number of carbonyl (C=O) groups excluding carboxylic acids is 1. The number of carbonyl (C=O) groups is 1. The number of hydrogen-bond acceptors (Lipinski definition) is 5. The van der Waals surface area contributed by atoms with E-state index in [4.69, 9.17) is 28.5 Å². The van der Waals surface area contributed by atoms with Crippen LogP contribution >= 0.6 is 23.2 Å². The normalized spacial score (nSPS) is 10.6. The second-order valence-corrected chi connectivity index (χ2v) is 3.71. The molecule has 0 aliphatic heterocycles. The predicted octanol–water partition coefficient (Wildman–Crippen LogP) is 2.46. The lowest BCUT2D eigenvalue weighted by atomic mass is 10.3. The summed E-state index contributed by atoms with van der Waals surface area (Å²) in [4.78, 5) is 11.0. The number of benzene rings is 1. The molecule has 5 nitrogen and oxygen atoms in total. The molecule has 0 aromatic heterocycles. The predicted molar refractivity (Wildman–Crippen MR) is 65.1 cm³/mol. The van der Waals surface area contributed by atoms with Crippen molar-refractivity contribution >= 4 is 40.6 Å². The van der Waals surface area contributed by atoms with Crippen molar-refractivity contribution in [1.82, 2.24) is 0 Å². The van der Waals surface area contributed by atoms with E-state index in [0.717, 1.165) is 7.11 Å². The Bertz CT molecular complexity index is 489. The zero-order chi connectivity index (χ0) is 12.8. The van der Waals surface area contributed by atoms with E-state index in [-0.39, 0.29) is 0 Å². The van der Waals surface area contributed by atoms with Gasteiger partial charge in [-0.05, 0) is 18.2 Å². The van der Waals surface area contributed by atoms with Gasteiger partial charge in [0.1, 0.15) is 6.07 Å². The molecular weight excluding hydrogens is 265 g/mol. The fourth-order valence-corrected chi connectivity index (χ4v) is 1.48. The lowest BCUT2D eigenvalue weighted by Gasteiger charge is -2.02. The minimum absolute atomic E-state index is 0.399. The van der Waals surface area contributed by atoms with Crippen LogP contribution in [0.25, 0.3) is 0 Å². The molecule has 0 aliphatic rings. The lowest BCUT2D eigenvalue weighted by molar-refractivity contribution is -0.132. The average Bonchev–Trinajstić information content (AvgIpc) is 2.28. The van der Waals surface area contributed by atoms with Crippen LogP contribution < -0.4 is 5.43 Å². The first-order valence-corrected chi connectivity index (χ1v) is 5.10. The molecule has 0 atom stereocenters. The fraction of sp³-hybridized carbons (Fsp3) is 0.100. The van der Waals surface area contributed by atoms with Crippen LogP contribution in [0.1, 0.15) is 0 Å². The molecule has 17 heavy (non-hydrogen) atoms. The van der Waals surface area contributed by atoms with E-state index in [1.165, 1.54) is 0 Å². The minimum Gasteiger partial charge on any atom is -0.464 e. The monoisotopic (exact) mass is 271 g/mol. The molecule has 0 fully saturated rings. The van der Waals surface area contributed by atoms with Gasteiger partial charge in [0.05, 0.1) is 12.8 Å². The quantitative estimate of drug-likeness (QED) is 0.521. The number of rotatable bonds is 3. The van der Waals surface area contributed by atoms with Crippen molar-refractivity contribution in [3.63, 3.8) is 0 Å². The number of halogens is 2. The number of nitrogens with one attached hydrogen (secondary N) is 1. The second kappa shape index (κ2) is 6.09. The molecule has 7 heteroatoms. The first-order valence-electron chi connectivity index (χ1n) is 4.35. The second-order valence-electron chi connectivity index (χ2n) is 2.83. The van der Waals surface area contributed by atoms with Gasteiger partial charge in [0.2, 0.25) is 5.71 Å². The van der Waals surface area contributed by atoms with Gasteiger partial charge in [0.25, 0.3) is 0 Å². The number of nitriles is 1. The maximum Gasteiger partial charge on any atom is 0.369 e. The first-order chi connectivity index (χ1) is 8.06. The van der Waals surface area contributed by atoms with E-state index in [1.54, 1.807) is 24.3 Å². The van der Waals surface area contributed by atoms with Gasteiger partial charge in [0, 0.05) is 10.0 Å². The Morgan fingerprint density at radius 1 is 1.41 bits per heavy atom. The van der Waals surface area contributed by atoms with Crippen molar-refractivity contribution in [3.8, 4) is 6.07 Å². The molecule has 0 saturated heterocycles. The van der Waals surface area contributed by atoms with Crippen LogP contribution in [-0.2, 0) is 9.53 Å². The van der Waals surface area contributed by atoms with Crippen molar-refractivity contribution in [3.05, 3.63) is 28.2 Å². The summed E-state index contributed by atoms with van der Waals surface area (Å²) in [5, 5.41) is 13.0. The fourth-order valence-electron chi connectivity index (χ4n) is 0.952. The van der Waals surface area contributed by atoms with Gasteiger partial charge in [-0.1, -0.05) is 23.2 Å². The van der Waals surface area contributed by atoms with Gasteiger partial charge in [-0.15, -0.1) is 0 Å². The van der Waals surface area contributed by atoms with Gasteiger partial charge in [-0.3, -0.25) is 5.43 Å². The van der Waals surface area contributed by atoms with Crippen molar-refractivity contribution in [2.75, 3.05) is 12.5 Å². The van der Waals surface area contributed by atoms with Crippen LogP contribution in [0.3, 0.4) is 0 Å².